The van der Waals surface area contributed by atoms with Crippen LogP contribution in [0.3, 0.4) is 0 Å². The minimum absolute atomic E-state index is 0.00380. The zero-order valence-electron chi connectivity index (χ0n) is 30.8. The smallest absolute Gasteiger partial charge is 0.414 e. The first-order valence-electron chi connectivity index (χ1n) is 16.4. The first kappa shape index (κ1) is 37.3. The van der Waals surface area contributed by atoms with Crippen molar-refractivity contribution in [3.63, 3.8) is 0 Å². The number of anilines is 3. The molecular formula is C35H52N7O4PSi. The van der Waals surface area contributed by atoms with E-state index in [1.165, 1.54) is 0 Å². The maximum absolute atomic E-state index is 13.6. The van der Waals surface area contributed by atoms with Crippen LogP contribution in [0.4, 0.5) is 22.2 Å². The van der Waals surface area contributed by atoms with E-state index < -0.39 is 32.6 Å². The number of hydrogen-bond donors (Lipinski definition) is 1. The van der Waals surface area contributed by atoms with E-state index in [0.717, 1.165) is 5.56 Å². The Labute approximate surface area is 286 Å². The molecule has 48 heavy (non-hydrogen) atoms. The summed E-state index contributed by atoms with van der Waals surface area (Å²) in [5.41, 5.74) is 2.23. The summed E-state index contributed by atoms with van der Waals surface area (Å²) in [5.74, 6) is 1.30. The highest BCUT2D eigenvalue weighted by Gasteiger charge is 2.47. The molecule has 0 aliphatic carbocycles. The Hall–Kier alpha value is -3.52. The lowest BCUT2D eigenvalue weighted by Gasteiger charge is -2.39. The predicted molar refractivity (Wildman–Crippen MR) is 196 cm³/mol. The third-order valence-corrected chi connectivity index (χ3v) is 14.7. The van der Waals surface area contributed by atoms with Gasteiger partial charge in [-0.15, -0.1) is 0 Å². The summed E-state index contributed by atoms with van der Waals surface area (Å²) >= 11 is 0. The van der Waals surface area contributed by atoms with Crippen LogP contribution in [0.2, 0.25) is 18.1 Å². The van der Waals surface area contributed by atoms with Crippen molar-refractivity contribution in [3.05, 3.63) is 41.6 Å². The maximum atomic E-state index is 13.6. The fourth-order valence-electron chi connectivity index (χ4n) is 5.23. The highest BCUT2D eigenvalue weighted by atomic mass is 31.2. The number of fused-ring (bicyclic) bond motifs is 1. The number of nitrogens with zero attached hydrogens (tertiary/aromatic N) is 6. The van der Waals surface area contributed by atoms with Gasteiger partial charge in [0.25, 0.3) is 0 Å². The normalized spacial score (nSPS) is 17.0. The number of nitrogens with one attached hydrogen (secondary N) is 1. The van der Waals surface area contributed by atoms with Crippen molar-refractivity contribution in [2.75, 3.05) is 36.7 Å². The number of rotatable bonds is 9. The summed E-state index contributed by atoms with van der Waals surface area (Å²) in [6.45, 7) is 27.5. The molecular weight excluding hydrogens is 641 g/mol. The van der Waals surface area contributed by atoms with E-state index in [1.807, 2.05) is 26.8 Å². The zero-order chi connectivity index (χ0) is 36.0. The van der Waals surface area contributed by atoms with E-state index in [-0.39, 0.29) is 5.04 Å². The third-order valence-electron chi connectivity index (χ3n) is 8.88. The van der Waals surface area contributed by atoms with Crippen LogP contribution in [0.25, 0.3) is 11.3 Å². The molecule has 0 saturated heterocycles. The molecule has 3 aromatic rings. The van der Waals surface area contributed by atoms with Crippen LogP contribution < -0.4 is 15.7 Å². The minimum Gasteiger partial charge on any atom is -0.443 e. The Morgan fingerprint density at radius 3 is 2.40 bits per heavy atom. The fraction of sp³-hybridized carbons (Fsp3) is 0.571. The van der Waals surface area contributed by atoms with Crippen molar-refractivity contribution in [1.82, 2.24) is 19.7 Å². The van der Waals surface area contributed by atoms with Gasteiger partial charge in [-0.05, 0) is 81.9 Å². The van der Waals surface area contributed by atoms with Gasteiger partial charge in [0.2, 0.25) is 5.95 Å². The number of benzene rings is 1. The number of nitriles is 1. The van der Waals surface area contributed by atoms with Crippen LogP contribution in [-0.4, -0.2) is 66.2 Å². The number of carbonyl (C=O) groups excluding carboxylic acids is 1. The lowest BCUT2D eigenvalue weighted by Crippen LogP contribution is -2.46. The third kappa shape index (κ3) is 8.19. The van der Waals surface area contributed by atoms with E-state index >= 15 is 0 Å². The Morgan fingerprint density at radius 1 is 1.17 bits per heavy atom. The van der Waals surface area contributed by atoms with Gasteiger partial charge >= 0.3 is 6.09 Å². The first-order valence-corrected chi connectivity index (χ1v) is 21.9. The largest absolute Gasteiger partial charge is 0.443 e. The molecule has 1 N–H and O–H groups in total. The average Bonchev–Trinajstić information content (AvgIpc) is 3.48. The van der Waals surface area contributed by atoms with Crippen molar-refractivity contribution < 1.29 is 18.5 Å². The van der Waals surface area contributed by atoms with E-state index in [0.29, 0.717) is 65.3 Å². The summed E-state index contributed by atoms with van der Waals surface area (Å²) in [6, 6.07) is 9.69. The second-order valence-corrected chi connectivity index (χ2v) is 24.4. The first-order chi connectivity index (χ1) is 21.9. The van der Waals surface area contributed by atoms with Crippen LogP contribution in [0.5, 0.6) is 0 Å². The number of aromatic nitrogens is 4. The molecule has 13 heteroatoms. The van der Waals surface area contributed by atoms with Gasteiger partial charge in [0.1, 0.15) is 30.1 Å². The summed E-state index contributed by atoms with van der Waals surface area (Å²) < 4.78 is 27.2. The molecule has 0 saturated carbocycles. The standard InChI is InChI=1S/C35H52N7O4PSi/c1-23(2)20-42-28(18-29(40-42)47(10,11)44)39-31-37-15-14-27(38-31)24-16-25(19-36)30-26(17-24)35(9,22-45-48(12,13)34(6,7)8)21-41(30)32(43)46-33(3,4)5/h14-18,23H,20-22H2,1-13H3,(H,37,38,39)/t35-/m1/s1. The molecule has 0 radical (unpaired) electrons. The molecule has 4 rings (SSSR count). The molecule has 260 valence electrons. The predicted octanol–water partition coefficient (Wildman–Crippen LogP) is 7.89. The van der Waals surface area contributed by atoms with Crippen LogP contribution >= 0.6 is 7.14 Å². The molecule has 1 amide bonds. The van der Waals surface area contributed by atoms with Crippen molar-refractivity contribution in [1.29, 1.82) is 5.26 Å². The molecule has 2 aromatic heterocycles. The maximum Gasteiger partial charge on any atom is 0.414 e. The molecule has 1 aliphatic heterocycles. The van der Waals surface area contributed by atoms with Gasteiger partial charge in [-0.1, -0.05) is 41.5 Å². The molecule has 1 aromatic carbocycles. The fourth-order valence-corrected chi connectivity index (χ4v) is 7.10. The lowest BCUT2D eigenvalue weighted by atomic mass is 9.83. The number of ether oxygens (including phenoxy) is 1. The molecule has 0 unspecified atom stereocenters. The van der Waals surface area contributed by atoms with Gasteiger partial charge in [-0.25, -0.2) is 19.4 Å². The van der Waals surface area contributed by atoms with E-state index in [4.69, 9.17) is 14.1 Å². The SMILES string of the molecule is CC(C)Cn1nc(P(C)(C)=O)cc1Nc1nccc(-c2cc(C#N)c3c(c2)[C@@](C)(CO[Si](C)(C)C(C)(C)C)CN3C(=O)OC(C)(C)C)n1. The van der Waals surface area contributed by atoms with Crippen molar-refractivity contribution >= 4 is 44.4 Å². The van der Waals surface area contributed by atoms with Gasteiger partial charge in [0.05, 0.1) is 16.9 Å². The summed E-state index contributed by atoms with van der Waals surface area (Å²) in [5, 5.41) is 18.3. The Balaban J connectivity index is 1.80. The van der Waals surface area contributed by atoms with Gasteiger partial charge in [0.15, 0.2) is 8.32 Å². The Bertz CT molecular complexity index is 1780. The van der Waals surface area contributed by atoms with Gasteiger partial charge < -0.3 is 19.0 Å². The molecule has 0 spiro atoms. The average molecular weight is 694 g/mol. The highest BCUT2D eigenvalue weighted by Crippen LogP contribution is 2.47. The summed E-state index contributed by atoms with van der Waals surface area (Å²) in [7, 11) is -4.75. The van der Waals surface area contributed by atoms with E-state index in [2.05, 4.69) is 76.1 Å². The molecule has 0 fully saturated rings. The summed E-state index contributed by atoms with van der Waals surface area (Å²) in [6.07, 6.45) is 1.16. The van der Waals surface area contributed by atoms with Gasteiger partial charge in [-0.2, -0.15) is 10.4 Å². The quantitative estimate of drug-likeness (QED) is 0.175. The van der Waals surface area contributed by atoms with Crippen molar-refractivity contribution in [2.24, 2.45) is 5.92 Å². The lowest BCUT2D eigenvalue weighted by molar-refractivity contribution is 0.0575. The molecule has 1 aliphatic rings. The monoisotopic (exact) mass is 693 g/mol. The minimum atomic E-state index is -2.60. The second kappa shape index (κ2) is 13.1. The van der Waals surface area contributed by atoms with Crippen LogP contribution in [0.15, 0.2) is 30.5 Å². The van der Waals surface area contributed by atoms with Crippen molar-refractivity contribution in [2.45, 2.75) is 98.0 Å². The van der Waals surface area contributed by atoms with Gasteiger partial charge in [-0.3, -0.25) is 4.90 Å². The van der Waals surface area contributed by atoms with E-state index in [9.17, 15) is 14.6 Å². The van der Waals surface area contributed by atoms with Crippen LogP contribution in [0.1, 0.15) is 73.4 Å². The molecule has 3 heterocycles. The van der Waals surface area contributed by atoms with E-state index in [1.54, 1.807) is 47.3 Å². The molecule has 11 nitrogen and oxygen atoms in total. The van der Waals surface area contributed by atoms with Gasteiger partial charge in [0, 0.05) is 42.9 Å². The number of hydrogen-bond acceptors (Lipinski definition) is 9. The van der Waals surface area contributed by atoms with Crippen LogP contribution in [0, 0.1) is 17.2 Å². The molecule has 1 atom stereocenters. The Kier molecular flexibility index (Phi) is 10.2. The zero-order valence-corrected chi connectivity index (χ0v) is 32.7. The molecule has 0 bridgehead atoms. The van der Waals surface area contributed by atoms with Crippen LogP contribution in [-0.2, 0) is 25.7 Å². The highest BCUT2D eigenvalue weighted by molar-refractivity contribution is 7.69. The second-order valence-electron chi connectivity index (χ2n) is 16.4. The summed E-state index contributed by atoms with van der Waals surface area (Å²) in [4.78, 5) is 24.5. The number of amides is 1. The Morgan fingerprint density at radius 2 is 1.83 bits per heavy atom. The topological polar surface area (TPSA) is 135 Å². The number of carbonyl (C=O) groups is 1. The van der Waals surface area contributed by atoms with Crippen molar-refractivity contribution in [3.8, 4) is 17.3 Å².